The Bertz CT molecular complexity index is 1190. The number of furan rings is 1. The quantitative estimate of drug-likeness (QED) is 0.410. The maximum Gasteiger partial charge on any atom is 0.287 e. The zero-order valence-electron chi connectivity index (χ0n) is 22.5. The molecule has 3 amide bonds. The number of hydrogen-bond donors (Lipinski definition) is 2. The van der Waals surface area contributed by atoms with Crippen LogP contribution in [0.4, 0.5) is 5.69 Å². The molecular weight excluding hydrogens is 466 g/mol. The number of hydrogen-bond acceptors (Lipinski definition) is 4. The Kier molecular flexibility index (Phi) is 8.92. The third-order valence-corrected chi connectivity index (χ3v) is 5.96. The Morgan fingerprint density at radius 2 is 1.54 bits per heavy atom. The number of nitrogens with zero attached hydrogens (tertiary/aromatic N) is 1. The van der Waals surface area contributed by atoms with Crippen LogP contribution in [0.2, 0.25) is 0 Å². The summed E-state index contributed by atoms with van der Waals surface area (Å²) in [7, 11) is 0. The van der Waals surface area contributed by atoms with Crippen molar-refractivity contribution in [3.63, 3.8) is 0 Å². The highest BCUT2D eigenvalue weighted by molar-refractivity contribution is 6.04. The fourth-order valence-corrected chi connectivity index (χ4v) is 3.98. The minimum absolute atomic E-state index is 0.109. The van der Waals surface area contributed by atoms with E-state index in [1.54, 1.807) is 6.07 Å². The van der Waals surface area contributed by atoms with Crippen LogP contribution in [0.1, 0.15) is 80.7 Å². The molecule has 0 spiro atoms. The normalized spacial score (nSPS) is 12.2. The molecule has 2 aromatic carbocycles. The lowest BCUT2D eigenvalue weighted by molar-refractivity contribution is -0.127. The summed E-state index contributed by atoms with van der Waals surface area (Å²) < 4.78 is 5.14. The lowest BCUT2D eigenvalue weighted by Gasteiger charge is -2.34. The smallest absolute Gasteiger partial charge is 0.287 e. The van der Waals surface area contributed by atoms with Crippen molar-refractivity contribution < 1.29 is 18.8 Å². The zero-order chi connectivity index (χ0) is 27.2. The van der Waals surface area contributed by atoms with E-state index in [4.69, 9.17) is 4.42 Å². The second-order valence-corrected chi connectivity index (χ2v) is 10.4. The van der Waals surface area contributed by atoms with Crippen LogP contribution in [-0.2, 0) is 16.0 Å². The second-order valence-electron chi connectivity index (χ2n) is 10.4. The minimum atomic E-state index is -0.944. The summed E-state index contributed by atoms with van der Waals surface area (Å²) in [5, 5.41) is 5.65. The summed E-state index contributed by atoms with van der Waals surface area (Å²) in [6.07, 6.45) is 2.24. The van der Waals surface area contributed by atoms with Crippen LogP contribution in [0.25, 0.3) is 0 Å². The van der Waals surface area contributed by atoms with Gasteiger partial charge in [-0.25, -0.2) is 0 Å². The maximum atomic E-state index is 13.7. The van der Waals surface area contributed by atoms with Crippen molar-refractivity contribution in [3.05, 3.63) is 89.4 Å². The lowest BCUT2D eigenvalue weighted by atomic mass is 9.96. The number of rotatable bonds is 9. The van der Waals surface area contributed by atoms with Crippen molar-refractivity contribution >= 4 is 23.4 Å². The SMILES string of the molecule is CCc1ccc(N(C(=O)CNC(=O)c2ccco2)[C@H](C(=O)NC(C)(C)C)c2ccc(C(C)C)cc2)cc1. The van der Waals surface area contributed by atoms with Gasteiger partial charge in [-0.15, -0.1) is 0 Å². The van der Waals surface area contributed by atoms with Crippen molar-refractivity contribution in [2.45, 2.75) is 65.5 Å². The Labute approximate surface area is 219 Å². The predicted molar refractivity (Wildman–Crippen MR) is 146 cm³/mol. The topological polar surface area (TPSA) is 91.7 Å². The van der Waals surface area contributed by atoms with Gasteiger partial charge < -0.3 is 15.1 Å². The number of benzene rings is 2. The van der Waals surface area contributed by atoms with E-state index in [9.17, 15) is 14.4 Å². The van der Waals surface area contributed by atoms with Gasteiger partial charge in [-0.2, -0.15) is 0 Å². The van der Waals surface area contributed by atoms with Gasteiger partial charge in [-0.05, 0) is 74.1 Å². The molecule has 0 radical (unpaired) electrons. The van der Waals surface area contributed by atoms with Crippen molar-refractivity contribution in [3.8, 4) is 0 Å². The van der Waals surface area contributed by atoms with Gasteiger partial charge in [0.15, 0.2) is 5.76 Å². The Morgan fingerprint density at radius 3 is 2.05 bits per heavy atom. The van der Waals surface area contributed by atoms with Crippen molar-refractivity contribution in [1.82, 2.24) is 10.6 Å². The number of aryl methyl sites for hydroxylation is 1. The van der Waals surface area contributed by atoms with Crippen LogP contribution >= 0.6 is 0 Å². The molecule has 0 unspecified atom stereocenters. The predicted octanol–water partition coefficient (Wildman–Crippen LogP) is 5.38. The summed E-state index contributed by atoms with van der Waals surface area (Å²) in [5.74, 6) is -0.803. The average Bonchev–Trinajstić information content (AvgIpc) is 3.40. The molecule has 1 atom stereocenters. The third kappa shape index (κ3) is 7.32. The van der Waals surface area contributed by atoms with Gasteiger partial charge in [0.25, 0.3) is 5.91 Å². The molecule has 196 valence electrons. The molecule has 7 nitrogen and oxygen atoms in total. The zero-order valence-corrected chi connectivity index (χ0v) is 22.5. The van der Waals surface area contributed by atoms with Gasteiger partial charge in [0.2, 0.25) is 11.8 Å². The molecule has 3 aromatic rings. The van der Waals surface area contributed by atoms with E-state index in [-0.39, 0.29) is 18.2 Å². The van der Waals surface area contributed by atoms with Crippen LogP contribution in [0.3, 0.4) is 0 Å². The van der Waals surface area contributed by atoms with E-state index in [0.717, 1.165) is 17.5 Å². The highest BCUT2D eigenvalue weighted by Crippen LogP contribution is 2.30. The minimum Gasteiger partial charge on any atom is -0.459 e. The fraction of sp³-hybridized carbons (Fsp3) is 0.367. The number of carbonyl (C=O) groups is 3. The highest BCUT2D eigenvalue weighted by atomic mass is 16.3. The van der Waals surface area contributed by atoms with Crippen LogP contribution in [0.5, 0.6) is 0 Å². The average molecular weight is 504 g/mol. The Balaban J connectivity index is 2.04. The Morgan fingerprint density at radius 1 is 0.919 bits per heavy atom. The molecule has 1 aromatic heterocycles. The molecule has 0 aliphatic rings. The molecule has 2 N–H and O–H groups in total. The first kappa shape index (κ1) is 27.7. The molecule has 1 heterocycles. The molecular formula is C30H37N3O4. The fourth-order valence-electron chi connectivity index (χ4n) is 3.98. The van der Waals surface area contributed by atoms with Gasteiger partial charge in [0.05, 0.1) is 12.8 Å². The molecule has 0 saturated heterocycles. The molecule has 0 saturated carbocycles. The van der Waals surface area contributed by atoms with Crippen LogP contribution in [0, 0.1) is 0 Å². The van der Waals surface area contributed by atoms with E-state index >= 15 is 0 Å². The third-order valence-electron chi connectivity index (χ3n) is 5.96. The van der Waals surface area contributed by atoms with Gasteiger partial charge >= 0.3 is 0 Å². The monoisotopic (exact) mass is 503 g/mol. The van der Waals surface area contributed by atoms with Gasteiger partial charge in [-0.3, -0.25) is 19.3 Å². The first-order valence-electron chi connectivity index (χ1n) is 12.6. The van der Waals surface area contributed by atoms with Crippen LogP contribution in [-0.4, -0.2) is 29.8 Å². The number of amides is 3. The molecule has 3 rings (SSSR count). The largest absolute Gasteiger partial charge is 0.459 e. The van der Waals surface area contributed by atoms with E-state index in [0.29, 0.717) is 17.2 Å². The van der Waals surface area contributed by atoms with Crippen molar-refractivity contribution in [1.29, 1.82) is 0 Å². The van der Waals surface area contributed by atoms with Gasteiger partial charge in [0, 0.05) is 11.2 Å². The highest BCUT2D eigenvalue weighted by Gasteiger charge is 2.34. The van der Waals surface area contributed by atoms with E-state index in [2.05, 4.69) is 31.4 Å². The summed E-state index contributed by atoms with van der Waals surface area (Å²) >= 11 is 0. The molecule has 37 heavy (non-hydrogen) atoms. The standard InChI is InChI=1S/C30H37N3O4/c1-7-21-10-16-24(17-11-21)33(26(34)19-31-28(35)25-9-8-18-37-25)27(29(36)32-30(4,5)6)23-14-12-22(13-15-23)20(2)3/h8-18,20,27H,7,19H2,1-6H3,(H,31,35)(H,32,36)/t27-/m0/s1. The van der Waals surface area contributed by atoms with Crippen molar-refractivity contribution in [2.24, 2.45) is 0 Å². The first-order valence-corrected chi connectivity index (χ1v) is 12.6. The van der Waals surface area contributed by atoms with Crippen LogP contribution in [0.15, 0.2) is 71.3 Å². The summed E-state index contributed by atoms with van der Waals surface area (Å²) in [4.78, 5) is 41.4. The Hall–Kier alpha value is -3.87. The summed E-state index contributed by atoms with van der Waals surface area (Å²) in [6.45, 7) is 11.6. The first-order chi connectivity index (χ1) is 17.5. The number of carbonyl (C=O) groups excluding carboxylic acids is 3. The van der Waals surface area contributed by atoms with Gasteiger partial charge in [0.1, 0.15) is 6.04 Å². The second kappa shape index (κ2) is 11.9. The van der Waals surface area contributed by atoms with E-state index < -0.39 is 23.4 Å². The summed E-state index contributed by atoms with van der Waals surface area (Å²) in [5.41, 5.74) is 2.98. The molecule has 7 heteroatoms. The van der Waals surface area contributed by atoms with Crippen LogP contribution < -0.4 is 15.5 Å². The number of anilines is 1. The molecule has 0 aliphatic heterocycles. The van der Waals surface area contributed by atoms with Gasteiger partial charge in [-0.1, -0.05) is 57.2 Å². The lowest BCUT2D eigenvalue weighted by Crippen LogP contribution is -2.51. The summed E-state index contributed by atoms with van der Waals surface area (Å²) in [6, 6.07) is 17.5. The van der Waals surface area contributed by atoms with E-state index in [1.165, 1.54) is 17.2 Å². The van der Waals surface area contributed by atoms with E-state index in [1.807, 2.05) is 69.3 Å². The van der Waals surface area contributed by atoms with Crippen molar-refractivity contribution in [2.75, 3.05) is 11.4 Å². The molecule has 0 fully saturated rings. The number of nitrogens with one attached hydrogen (secondary N) is 2. The molecule has 0 bridgehead atoms. The maximum absolute atomic E-state index is 13.7. The molecule has 0 aliphatic carbocycles.